The van der Waals surface area contributed by atoms with Gasteiger partial charge in [0.05, 0.1) is 19.8 Å². The predicted molar refractivity (Wildman–Crippen MR) is 335 cm³/mol. The quantitative estimate of drug-likeness (QED) is 0.0197. The molecule has 0 saturated carbocycles. The highest BCUT2D eigenvalue weighted by Crippen LogP contribution is 2.43. The van der Waals surface area contributed by atoms with E-state index >= 15 is 0 Å². The van der Waals surface area contributed by atoms with Gasteiger partial charge in [0.25, 0.3) is 0 Å². The van der Waals surface area contributed by atoms with Gasteiger partial charge in [0.1, 0.15) is 12.7 Å². The van der Waals surface area contributed by atoms with Crippen molar-refractivity contribution in [2.24, 2.45) is 0 Å². The molecule has 0 aliphatic heterocycles. The lowest BCUT2D eigenvalue weighted by Gasteiger charge is -2.21. The van der Waals surface area contributed by atoms with Crippen LogP contribution >= 0.6 is 7.82 Å². The molecule has 0 fully saturated rings. The van der Waals surface area contributed by atoms with Crippen LogP contribution in [0.3, 0.4) is 0 Å². The summed E-state index contributed by atoms with van der Waals surface area (Å²) in [6.45, 7) is 4.60. The zero-order valence-corrected chi connectivity index (χ0v) is 53.0. The molecule has 0 aliphatic rings. The number of aliphatic hydroxyl groups is 1. The van der Waals surface area contributed by atoms with Crippen LogP contribution < -0.4 is 0 Å². The minimum atomic E-state index is -4.75. The fourth-order valence-corrected chi connectivity index (χ4v) is 10.4. The Kier molecular flexibility index (Phi) is 60.5. The van der Waals surface area contributed by atoms with Gasteiger partial charge in [-0.1, -0.05) is 281 Å². The van der Waals surface area contributed by atoms with E-state index in [0.29, 0.717) is 19.3 Å². The van der Waals surface area contributed by atoms with Gasteiger partial charge in [0, 0.05) is 19.3 Å². The molecule has 0 bridgehead atoms. The number of rotatable bonds is 63. The zero-order valence-electron chi connectivity index (χ0n) is 52.1. The number of ether oxygens (including phenoxy) is 3. The summed E-state index contributed by atoms with van der Waals surface area (Å²) >= 11 is 0. The maximum Gasteiger partial charge on any atom is 0.472 e. The number of allylic oxidation sites excluding steroid dienone is 8. The normalized spacial score (nSPS) is 13.5. The molecular formula is C68H125O11P. The summed E-state index contributed by atoms with van der Waals surface area (Å²) in [6.07, 6.45) is 69.1. The minimum Gasteiger partial charge on any atom is -0.462 e. The van der Waals surface area contributed by atoms with Gasteiger partial charge in [-0.05, 0) is 77.0 Å². The molecule has 0 aromatic heterocycles. The standard InChI is InChI=1S/C68H125O11P/c1-4-7-10-13-16-19-22-25-28-31-32-35-38-41-44-47-50-53-56-59-68(72)79-65(61-75-66(70)57-54-51-48-45-42-39-36-33-29-26-23-20-17-14-11-8-5-2)63-77-80(73,74)76-62-64(60-69)78-67(71)58-55-52-49-46-43-40-37-34-30-27-24-21-18-15-12-9-6-3/h8,11,17,20,25-26,28-29,64-65,69H,4-7,9-10,12-16,18-19,21-24,27,30-63H2,1-3H3,(H,73,74)/b11-8-,20-17-,28-25-,29-26-. The Bertz CT molecular complexity index is 1530. The van der Waals surface area contributed by atoms with Gasteiger partial charge >= 0.3 is 25.7 Å². The van der Waals surface area contributed by atoms with E-state index in [2.05, 4.69) is 69.4 Å². The van der Waals surface area contributed by atoms with Gasteiger partial charge in [-0.3, -0.25) is 23.4 Å². The second-order valence-corrected chi connectivity index (χ2v) is 24.1. The van der Waals surface area contributed by atoms with E-state index in [9.17, 15) is 28.9 Å². The fourth-order valence-electron chi connectivity index (χ4n) is 9.66. The van der Waals surface area contributed by atoms with Crippen molar-refractivity contribution in [1.29, 1.82) is 0 Å². The second-order valence-electron chi connectivity index (χ2n) is 22.6. The van der Waals surface area contributed by atoms with E-state index < -0.39 is 57.8 Å². The van der Waals surface area contributed by atoms with Gasteiger partial charge in [-0.2, -0.15) is 0 Å². The number of esters is 3. The van der Waals surface area contributed by atoms with E-state index in [-0.39, 0.29) is 25.9 Å². The maximum absolute atomic E-state index is 13.0. The summed E-state index contributed by atoms with van der Waals surface area (Å²) in [5, 5.41) is 9.87. The molecule has 468 valence electrons. The van der Waals surface area contributed by atoms with Crippen LogP contribution in [-0.4, -0.2) is 66.5 Å². The third-order valence-electron chi connectivity index (χ3n) is 14.7. The predicted octanol–water partition coefficient (Wildman–Crippen LogP) is 20.5. The average molecular weight is 1150 g/mol. The number of unbranched alkanes of at least 4 members (excludes halogenated alkanes) is 38. The maximum atomic E-state index is 13.0. The van der Waals surface area contributed by atoms with Gasteiger partial charge in [-0.15, -0.1) is 0 Å². The Morgan fingerprint density at radius 3 is 1.01 bits per heavy atom. The molecule has 11 nitrogen and oxygen atoms in total. The lowest BCUT2D eigenvalue weighted by atomic mass is 10.0. The largest absolute Gasteiger partial charge is 0.472 e. The van der Waals surface area contributed by atoms with E-state index in [4.69, 9.17) is 23.3 Å². The number of hydrogen-bond acceptors (Lipinski definition) is 10. The average Bonchev–Trinajstić information content (AvgIpc) is 3.45. The van der Waals surface area contributed by atoms with Crippen LogP contribution in [-0.2, 0) is 42.2 Å². The van der Waals surface area contributed by atoms with Crippen LogP contribution in [0.25, 0.3) is 0 Å². The molecule has 0 heterocycles. The molecule has 0 radical (unpaired) electrons. The molecule has 3 atom stereocenters. The first kappa shape index (κ1) is 77.4. The molecular weight excluding hydrogens is 1020 g/mol. The lowest BCUT2D eigenvalue weighted by molar-refractivity contribution is -0.161. The van der Waals surface area contributed by atoms with Gasteiger partial charge < -0.3 is 24.2 Å². The Morgan fingerprint density at radius 2 is 0.650 bits per heavy atom. The van der Waals surface area contributed by atoms with Crippen molar-refractivity contribution in [3.8, 4) is 0 Å². The molecule has 80 heavy (non-hydrogen) atoms. The Hall–Kier alpha value is -2.56. The first-order valence-corrected chi connectivity index (χ1v) is 35.0. The highest BCUT2D eigenvalue weighted by molar-refractivity contribution is 7.47. The molecule has 0 rings (SSSR count). The molecule has 0 amide bonds. The third kappa shape index (κ3) is 60.0. The van der Waals surface area contributed by atoms with Crippen molar-refractivity contribution in [3.63, 3.8) is 0 Å². The molecule has 3 unspecified atom stereocenters. The van der Waals surface area contributed by atoms with Crippen molar-refractivity contribution in [1.82, 2.24) is 0 Å². The highest BCUT2D eigenvalue weighted by Gasteiger charge is 2.28. The van der Waals surface area contributed by atoms with E-state index in [0.717, 1.165) is 89.9 Å². The molecule has 12 heteroatoms. The number of hydrogen-bond donors (Lipinski definition) is 2. The molecule has 2 N–H and O–H groups in total. The van der Waals surface area contributed by atoms with Crippen LogP contribution in [0.4, 0.5) is 0 Å². The molecule has 0 spiro atoms. The summed E-state index contributed by atoms with van der Waals surface area (Å²) in [7, 11) is -4.75. The minimum absolute atomic E-state index is 0.166. The van der Waals surface area contributed by atoms with Gasteiger partial charge in [-0.25, -0.2) is 4.57 Å². The third-order valence-corrected chi connectivity index (χ3v) is 15.7. The monoisotopic (exact) mass is 1150 g/mol. The summed E-state index contributed by atoms with van der Waals surface area (Å²) in [5.41, 5.74) is 0. The second kappa shape index (κ2) is 62.5. The number of carbonyl (C=O) groups is 3. The van der Waals surface area contributed by atoms with Gasteiger partial charge in [0.2, 0.25) is 0 Å². The zero-order chi connectivity index (χ0) is 58.3. The topological polar surface area (TPSA) is 155 Å². The summed E-state index contributed by atoms with van der Waals surface area (Å²) in [6, 6.07) is 0. The van der Waals surface area contributed by atoms with Crippen LogP contribution in [0, 0.1) is 0 Å². The lowest BCUT2D eigenvalue weighted by Crippen LogP contribution is -2.30. The van der Waals surface area contributed by atoms with Crippen molar-refractivity contribution in [2.45, 2.75) is 341 Å². The highest BCUT2D eigenvalue weighted by atomic mass is 31.2. The fraction of sp³-hybridized carbons (Fsp3) is 0.838. The number of carbonyl (C=O) groups excluding carboxylic acids is 3. The van der Waals surface area contributed by atoms with Crippen molar-refractivity contribution >= 4 is 25.7 Å². The molecule has 0 saturated heterocycles. The summed E-state index contributed by atoms with van der Waals surface area (Å²) < 4.78 is 39.8. The van der Waals surface area contributed by atoms with E-state index in [1.807, 2.05) is 0 Å². The Labute approximate surface area is 492 Å². The van der Waals surface area contributed by atoms with Crippen LogP contribution in [0.1, 0.15) is 329 Å². The van der Waals surface area contributed by atoms with Gasteiger partial charge in [0.15, 0.2) is 6.10 Å². The Morgan fingerprint density at radius 1 is 0.362 bits per heavy atom. The number of phosphoric acid groups is 1. The Balaban J connectivity index is 4.66. The van der Waals surface area contributed by atoms with Crippen molar-refractivity contribution < 1.29 is 52.2 Å². The van der Waals surface area contributed by atoms with E-state index in [1.54, 1.807) is 0 Å². The van der Waals surface area contributed by atoms with Crippen LogP contribution in [0.5, 0.6) is 0 Å². The molecule has 0 aromatic carbocycles. The molecule has 0 aromatic rings. The number of phosphoric ester groups is 1. The van der Waals surface area contributed by atoms with Crippen LogP contribution in [0.15, 0.2) is 48.6 Å². The van der Waals surface area contributed by atoms with Crippen molar-refractivity contribution in [2.75, 3.05) is 26.4 Å². The first-order valence-electron chi connectivity index (χ1n) is 33.5. The smallest absolute Gasteiger partial charge is 0.462 e. The van der Waals surface area contributed by atoms with Crippen LogP contribution in [0.2, 0.25) is 0 Å². The van der Waals surface area contributed by atoms with E-state index in [1.165, 1.54) is 180 Å². The van der Waals surface area contributed by atoms with Crippen molar-refractivity contribution in [3.05, 3.63) is 48.6 Å². The SMILES string of the molecule is CC/C=C\C/C=C\C/C=C\CCCCCCCCCC(=O)OCC(COP(=O)(O)OCC(CO)OC(=O)CCCCCCCCCCCCCCCCCCC)OC(=O)CCCCCCCCCCC/C=C\CCCCCCCC. The molecule has 0 aliphatic carbocycles. The summed E-state index contributed by atoms with van der Waals surface area (Å²) in [4.78, 5) is 48.8. The number of aliphatic hydroxyl groups excluding tert-OH is 1. The first-order chi connectivity index (χ1) is 39.2. The summed E-state index contributed by atoms with van der Waals surface area (Å²) in [5.74, 6) is -1.45.